The standard InChI is InChI=1S/C29H39BFNO6/c1-6-27(4)13-23(38-24(34)14-32-21-12-19-18(11-20(21)31)15-37-30(19)36)28(5)16(2)7-9-29(17(3)26(27)35)10-8-22(33)25(28)29/h6,11-12,16-17,23,25-26,32,35-36H,1,7-10,13-15H2,2-5H3/t16-,17+,23-,25+,26+,27-,28+,29+/m1/s1. The van der Waals surface area contributed by atoms with Gasteiger partial charge in [-0.1, -0.05) is 33.8 Å². The molecule has 3 saturated carbocycles. The Morgan fingerprint density at radius 1 is 1.34 bits per heavy atom. The fourth-order valence-corrected chi connectivity index (χ4v) is 8.25. The van der Waals surface area contributed by atoms with Crippen LogP contribution in [0.3, 0.4) is 0 Å². The zero-order valence-corrected chi connectivity index (χ0v) is 22.8. The van der Waals surface area contributed by atoms with E-state index < -0.39 is 41.9 Å². The number of aliphatic hydroxyl groups excluding tert-OH is 1. The third-order valence-electron chi connectivity index (χ3n) is 10.9. The second-order valence-corrected chi connectivity index (χ2v) is 12.6. The Kier molecular flexibility index (Phi) is 6.80. The van der Waals surface area contributed by atoms with E-state index in [9.17, 15) is 24.1 Å². The average molecular weight is 527 g/mol. The quantitative estimate of drug-likeness (QED) is 0.307. The molecule has 1 aromatic rings. The van der Waals surface area contributed by atoms with Crippen molar-refractivity contribution in [2.75, 3.05) is 11.9 Å². The number of ether oxygens (including phenoxy) is 1. The summed E-state index contributed by atoms with van der Waals surface area (Å²) in [7, 11) is -1.13. The zero-order chi connectivity index (χ0) is 27.6. The van der Waals surface area contributed by atoms with Gasteiger partial charge in [0.25, 0.3) is 0 Å². The van der Waals surface area contributed by atoms with Crippen LogP contribution < -0.4 is 10.8 Å². The van der Waals surface area contributed by atoms with Crippen molar-refractivity contribution in [3.63, 3.8) is 0 Å². The third-order valence-corrected chi connectivity index (χ3v) is 10.9. The number of hydrogen-bond donors (Lipinski definition) is 3. The highest BCUT2D eigenvalue weighted by atomic mass is 19.1. The van der Waals surface area contributed by atoms with Crippen molar-refractivity contribution in [2.45, 2.75) is 78.6 Å². The van der Waals surface area contributed by atoms with Gasteiger partial charge in [0.2, 0.25) is 0 Å². The molecule has 9 heteroatoms. The number of fused-ring (bicyclic) bond motifs is 1. The molecule has 3 aliphatic carbocycles. The van der Waals surface area contributed by atoms with Gasteiger partial charge in [-0.05, 0) is 66.1 Å². The van der Waals surface area contributed by atoms with Gasteiger partial charge in [0, 0.05) is 23.2 Å². The Labute approximate surface area is 224 Å². The molecule has 0 unspecified atom stereocenters. The second-order valence-electron chi connectivity index (χ2n) is 12.6. The number of aliphatic hydroxyl groups is 1. The van der Waals surface area contributed by atoms with Crippen molar-refractivity contribution >= 4 is 30.0 Å². The molecule has 4 aliphatic rings. The molecule has 0 aromatic heterocycles. The van der Waals surface area contributed by atoms with E-state index in [2.05, 4.69) is 32.7 Å². The molecule has 0 spiro atoms. The monoisotopic (exact) mass is 527 g/mol. The number of halogens is 1. The summed E-state index contributed by atoms with van der Waals surface area (Å²) >= 11 is 0. The molecule has 0 amide bonds. The van der Waals surface area contributed by atoms with Crippen LogP contribution in [0.5, 0.6) is 0 Å². The molecule has 7 nitrogen and oxygen atoms in total. The summed E-state index contributed by atoms with van der Waals surface area (Å²) in [4.78, 5) is 26.8. The fraction of sp³-hybridized carbons (Fsp3) is 0.655. The van der Waals surface area contributed by atoms with Crippen LogP contribution in [0.15, 0.2) is 24.8 Å². The van der Waals surface area contributed by atoms with E-state index in [0.29, 0.717) is 23.9 Å². The van der Waals surface area contributed by atoms with Gasteiger partial charge in [0.1, 0.15) is 24.2 Å². The molecule has 3 fully saturated rings. The summed E-state index contributed by atoms with van der Waals surface area (Å²) in [6.07, 6.45) is 3.69. The van der Waals surface area contributed by atoms with Gasteiger partial charge in [0.15, 0.2) is 0 Å². The molecular formula is C29H39BFNO6. The van der Waals surface area contributed by atoms with Crippen molar-refractivity contribution in [1.82, 2.24) is 0 Å². The maximum Gasteiger partial charge on any atom is 0.491 e. The van der Waals surface area contributed by atoms with Gasteiger partial charge < -0.3 is 24.8 Å². The van der Waals surface area contributed by atoms with Gasteiger partial charge in [0.05, 0.1) is 18.4 Å². The van der Waals surface area contributed by atoms with Crippen LogP contribution in [-0.2, 0) is 25.6 Å². The van der Waals surface area contributed by atoms with E-state index in [4.69, 9.17) is 9.39 Å². The van der Waals surface area contributed by atoms with Crippen LogP contribution in [0.1, 0.15) is 65.4 Å². The van der Waals surface area contributed by atoms with E-state index in [1.54, 1.807) is 6.08 Å². The van der Waals surface area contributed by atoms with E-state index in [-0.39, 0.29) is 47.8 Å². The number of esters is 1. The molecule has 206 valence electrons. The molecule has 5 rings (SSSR count). The Morgan fingerprint density at radius 3 is 2.79 bits per heavy atom. The van der Waals surface area contributed by atoms with Crippen LogP contribution in [-0.4, -0.2) is 47.8 Å². The number of carbonyl (C=O) groups excluding carboxylic acids is 2. The molecular weight excluding hydrogens is 488 g/mol. The Bertz CT molecular complexity index is 1160. The molecule has 38 heavy (non-hydrogen) atoms. The van der Waals surface area contributed by atoms with Crippen molar-refractivity contribution in [1.29, 1.82) is 0 Å². The highest BCUT2D eigenvalue weighted by Crippen LogP contribution is 2.68. The maximum atomic E-state index is 14.6. The second kappa shape index (κ2) is 9.45. The Hall–Kier alpha value is -2.23. The number of Topliss-reactive ketones (excluding diaryl/α,β-unsaturated/α-hetero) is 1. The van der Waals surface area contributed by atoms with Crippen LogP contribution in [0, 0.1) is 39.8 Å². The largest absolute Gasteiger partial charge is 0.491 e. The fourth-order valence-electron chi connectivity index (χ4n) is 8.25. The predicted molar refractivity (Wildman–Crippen MR) is 142 cm³/mol. The first-order valence-electron chi connectivity index (χ1n) is 13.8. The lowest BCUT2D eigenvalue weighted by molar-refractivity contribution is -0.205. The summed E-state index contributed by atoms with van der Waals surface area (Å²) < 4.78 is 26.0. The Balaban J connectivity index is 1.44. The molecule has 3 N–H and O–H groups in total. The number of carbonyl (C=O) groups is 2. The van der Waals surface area contributed by atoms with Crippen molar-refractivity contribution in [2.24, 2.45) is 34.0 Å². The highest BCUT2D eigenvalue weighted by Gasteiger charge is 2.68. The van der Waals surface area contributed by atoms with Crippen LogP contribution in [0.25, 0.3) is 0 Å². The lowest BCUT2D eigenvalue weighted by atomic mass is 9.44. The van der Waals surface area contributed by atoms with Gasteiger partial charge in [-0.3, -0.25) is 9.59 Å². The molecule has 8 atom stereocenters. The smallest absolute Gasteiger partial charge is 0.460 e. The number of anilines is 1. The summed E-state index contributed by atoms with van der Waals surface area (Å²) in [5.41, 5.74) is -0.570. The highest BCUT2D eigenvalue weighted by molar-refractivity contribution is 6.61. The minimum absolute atomic E-state index is 0.0744. The number of benzene rings is 1. The maximum absolute atomic E-state index is 14.6. The molecule has 0 saturated heterocycles. The predicted octanol–water partition coefficient (Wildman–Crippen LogP) is 3.36. The SMILES string of the molecule is C=C[C@]1(C)C[C@@H](OC(=O)CNc2cc3c(cc2F)COB3O)[C@]2(C)[C@H](C)CC[C@]3(CCC(=O)[C@H]32)[C@@H](C)[C@@H]1O. The van der Waals surface area contributed by atoms with E-state index in [1.165, 1.54) is 12.1 Å². The first-order chi connectivity index (χ1) is 17.9. The number of nitrogens with one attached hydrogen (secondary N) is 1. The van der Waals surface area contributed by atoms with Crippen LogP contribution >= 0.6 is 0 Å². The lowest BCUT2D eigenvalue weighted by Gasteiger charge is -2.61. The van der Waals surface area contributed by atoms with Crippen molar-refractivity contribution < 1.29 is 33.5 Å². The van der Waals surface area contributed by atoms with Crippen LogP contribution in [0.4, 0.5) is 10.1 Å². The minimum Gasteiger partial charge on any atom is -0.460 e. The normalized spacial score (nSPS) is 40.1. The van der Waals surface area contributed by atoms with Gasteiger partial charge in [-0.25, -0.2) is 4.39 Å². The number of rotatable bonds is 5. The first-order valence-corrected chi connectivity index (χ1v) is 13.8. The third kappa shape index (κ3) is 3.96. The van der Waals surface area contributed by atoms with Gasteiger partial charge >= 0.3 is 13.1 Å². The summed E-state index contributed by atoms with van der Waals surface area (Å²) in [5.74, 6) is -1.21. The minimum atomic E-state index is -1.13. The van der Waals surface area contributed by atoms with Crippen molar-refractivity contribution in [3.05, 3.63) is 36.2 Å². The Morgan fingerprint density at radius 2 is 2.08 bits per heavy atom. The summed E-state index contributed by atoms with van der Waals surface area (Å²) in [5, 5.41) is 24.4. The van der Waals surface area contributed by atoms with Gasteiger partial charge in [-0.2, -0.15) is 0 Å². The van der Waals surface area contributed by atoms with E-state index in [0.717, 1.165) is 19.3 Å². The molecule has 1 aromatic carbocycles. The van der Waals surface area contributed by atoms with E-state index >= 15 is 0 Å². The number of hydrogen-bond acceptors (Lipinski definition) is 7. The van der Waals surface area contributed by atoms with Crippen molar-refractivity contribution in [3.8, 4) is 0 Å². The summed E-state index contributed by atoms with van der Waals surface area (Å²) in [6.45, 7) is 12.1. The summed E-state index contributed by atoms with van der Waals surface area (Å²) in [6, 6.07) is 2.75. The lowest BCUT2D eigenvalue weighted by Crippen LogP contribution is -2.63. The topological polar surface area (TPSA) is 105 Å². The first kappa shape index (κ1) is 27.3. The van der Waals surface area contributed by atoms with Gasteiger partial charge in [-0.15, -0.1) is 6.58 Å². The molecule has 0 radical (unpaired) electrons. The molecule has 2 bridgehead atoms. The molecule has 1 aliphatic heterocycles. The van der Waals surface area contributed by atoms with Crippen LogP contribution in [0.2, 0.25) is 0 Å². The number of ketones is 1. The molecule has 1 heterocycles. The zero-order valence-electron chi connectivity index (χ0n) is 22.8. The van der Waals surface area contributed by atoms with E-state index in [1.807, 2.05) is 6.92 Å². The average Bonchev–Trinajstić information content (AvgIpc) is 3.43.